The number of aromatic hydroxyl groups is 1. The fourth-order valence-electron chi connectivity index (χ4n) is 4.65. The molecule has 0 radical (unpaired) electrons. The highest BCUT2D eigenvalue weighted by Gasteiger charge is 2.41. The van der Waals surface area contributed by atoms with Gasteiger partial charge in [0.15, 0.2) is 5.78 Å². The van der Waals surface area contributed by atoms with E-state index in [1.807, 2.05) is 51.1 Å². The van der Waals surface area contributed by atoms with E-state index in [9.17, 15) is 14.7 Å². The first kappa shape index (κ1) is 23.1. The van der Waals surface area contributed by atoms with Crippen molar-refractivity contribution in [2.45, 2.75) is 58.0 Å². The Labute approximate surface area is 199 Å². The second kappa shape index (κ2) is 9.44. The molecule has 0 spiro atoms. The Morgan fingerprint density at radius 3 is 2.58 bits per heavy atom. The minimum Gasteiger partial charge on any atom is -0.508 e. The monoisotopic (exact) mass is 465 g/mol. The quantitative estimate of drug-likeness (QED) is 0.550. The van der Waals surface area contributed by atoms with E-state index >= 15 is 0 Å². The molecule has 33 heavy (non-hydrogen) atoms. The second-order valence-corrected chi connectivity index (χ2v) is 9.22. The van der Waals surface area contributed by atoms with E-state index in [1.54, 1.807) is 18.2 Å². The van der Waals surface area contributed by atoms with Gasteiger partial charge in [-0.2, -0.15) is 0 Å². The zero-order chi connectivity index (χ0) is 23.7. The lowest BCUT2D eigenvalue weighted by Crippen LogP contribution is -2.36. The fourth-order valence-corrected chi connectivity index (χ4v) is 4.77. The van der Waals surface area contributed by atoms with Crippen LogP contribution >= 0.6 is 11.6 Å². The molecular weight excluding hydrogens is 438 g/mol. The Balaban J connectivity index is 1.78. The maximum atomic E-state index is 13.5. The van der Waals surface area contributed by atoms with Crippen molar-refractivity contribution in [2.75, 3.05) is 0 Å². The van der Waals surface area contributed by atoms with Crippen LogP contribution in [0.3, 0.4) is 0 Å². The lowest BCUT2D eigenvalue weighted by Gasteiger charge is -2.37. The lowest BCUT2D eigenvalue weighted by atomic mass is 9.71. The molecule has 1 heterocycles. The molecule has 3 atom stereocenters. The molecule has 2 aliphatic rings. The molecule has 5 nitrogen and oxygen atoms in total. The van der Waals surface area contributed by atoms with E-state index in [1.165, 1.54) is 0 Å². The van der Waals surface area contributed by atoms with Gasteiger partial charge in [-0.25, -0.2) is 4.79 Å². The number of hydrogen-bond acceptors (Lipinski definition) is 5. The van der Waals surface area contributed by atoms with Gasteiger partial charge in [-0.1, -0.05) is 42.8 Å². The van der Waals surface area contributed by atoms with Gasteiger partial charge < -0.3 is 15.2 Å². The summed E-state index contributed by atoms with van der Waals surface area (Å²) in [4.78, 5) is 26.8. The van der Waals surface area contributed by atoms with E-state index in [4.69, 9.17) is 16.3 Å². The number of halogens is 1. The summed E-state index contributed by atoms with van der Waals surface area (Å²) in [6, 6.07) is 14.3. The van der Waals surface area contributed by atoms with Crippen molar-refractivity contribution < 1.29 is 19.4 Å². The SMILES string of the molecule is CC[C@@H](C)OC(=O)C1=C(C)NC2=C(C(=O)C[C@@H](c3ccc(Cl)cc3)C2)[C@H]1c1cccc(O)c1. The van der Waals surface area contributed by atoms with Crippen LogP contribution in [0.4, 0.5) is 0 Å². The molecule has 0 amide bonds. The number of nitrogens with one attached hydrogen (secondary N) is 1. The van der Waals surface area contributed by atoms with Crippen molar-refractivity contribution in [3.63, 3.8) is 0 Å². The van der Waals surface area contributed by atoms with Crippen LogP contribution in [0.5, 0.6) is 5.75 Å². The Kier molecular flexibility index (Phi) is 6.61. The Hall–Kier alpha value is -3.05. The Morgan fingerprint density at radius 2 is 1.91 bits per heavy atom. The average Bonchev–Trinajstić information content (AvgIpc) is 2.78. The summed E-state index contributed by atoms with van der Waals surface area (Å²) >= 11 is 6.04. The summed E-state index contributed by atoms with van der Waals surface area (Å²) in [5, 5.41) is 14.1. The number of phenols is 1. The van der Waals surface area contributed by atoms with Gasteiger partial charge in [-0.15, -0.1) is 0 Å². The molecule has 2 aromatic carbocycles. The van der Waals surface area contributed by atoms with Gasteiger partial charge in [0.05, 0.1) is 11.7 Å². The van der Waals surface area contributed by atoms with Gasteiger partial charge in [-0.05, 0) is 68.0 Å². The Morgan fingerprint density at radius 1 is 1.18 bits per heavy atom. The predicted octanol–water partition coefficient (Wildman–Crippen LogP) is 5.75. The third-order valence-electron chi connectivity index (χ3n) is 6.48. The molecule has 0 saturated heterocycles. The van der Waals surface area contributed by atoms with Crippen molar-refractivity contribution in [3.8, 4) is 5.75 Å². The van der Waals surface area contributed by atoms with Crippen LogP contribution < -0.4 is 5.32 Å². The molecule has 172 valence electrons. The summed E-state index contributed by atoms with van der Waals surface area (Å²) in [6.45, 7) is 5.64. The fraction of sp³-hybridized carbons (Fsp3) is 0.333. The molecule has 2 N–H and O–H groups in total. The van der Waals surface area contributed by atoms with E-state index in [0.29, 0.717) is 46.7 Å². The highest BCUT2D eigenvalue weighted by Crippen LogP contribution is 2.46. The number of Topliss-reactive ketones (excluding diaryl/α,β-unsaturated/α-hetero) is 1. The minimum atomic E-state index is -0.594. The molecule has 1 aliphatic carbocycles. The van der Waals surface area contributed by atoms with Crippen molar-refractivity contribution in [1.82, 2.24) is 5.32 Å². The van der Waals surface area contributed by atoms with Crippen molar-refractivity contribution in [3.05, 3.63) is 87.2 Å². The summed E-state index contributed by atoms with van der Waals surface area (Å²) in [5.74, 6) is -0.945. The number of dihydropyridines is 1. The van der Waals surface area contributed by atoms with Crippen LogP contribution in [0.1, 0.15) is 63.0 Å². The van der Waals surface area contributed by atoms with Crippen LogP contribution in [-0.2, 0) is 14.3 Å². The number of carbonyl (C=O) groups excluding carboxylic acids is 2. The third-order valence-corrected chi connectivity index (χ3v) is 6.73. The number of ketones is 1. The minimum absolute atomic E-state index is 0.0154. The van der Waals surface area contributed by atoms with Crippen molar-refractivity contribution in [2.24, 2.45) is 0 Å². The van der Waals surface area contributed by atoms with Gasteiger partial charge in [0.2, 0.25) is 0 Å². The largest absolute Gasteiger partial charge is 0.508 e. The number of carbonyl (C=O) groups is 2. The topological polar surface area (TPSA) is 75.6 Å². The zero-order valence-corrected chi connectivity index (χ0v) is 19.8. The number of allylic oxidation sites excluding steroid dienone is 3. The summed E-state index contributed by atoms with van der Waals surface area (Å²) < 4.78 is 5.66. The zero-order valence-electron chi connectivity index (χ0n) is 19.0. The highest BCUT2D eigenvalue weighted by atomic mass is 35.5. The number of esters is 1. The van der Waals surface area contributed by atoms with Crippen LogP contribution in [0.25, 0.3) is 0 Å². The standard InChI is InChI=1S/C27H28ClNO4/c1-4-15(2)33-27(32)24-16(3)29-22-13-19(17-8-10-20(28)11-9-17)14-23(31)26(22)25(24)18-6-5-7-21(30)12-18/h5-12,15,19,25,29-30H,4,13-14H2,1-3H3/t15-,19+,25+/m1/s1. The number of ether oxygens (including phenoxy) is 1. The molecule has 0 bridgehead atoms. The van der Waals surface area contributed by atoms with E-state index < -0.39 is 11.9 Å². The maximum absolute atomic E-state index is 13.5. The Bertz CT molecular complexity index is 1150. The van der Waals surface area contributed by atoms with Crippen molar-refractivity contribution in [1.29, 1.82) is 0 Å². The normalized spacial score (nSPS) is 21.4. The number of rotatable bonds is 5. The lowest BCUT2D eigenvalue weighted by molar-refractivity contribution is -0.144. The van der Waals surface area contributed by atoms with Crippen LogP contribution in [0.15, 0.2) is 71.1 Å². The first-order valence-corrected chi connectivity index (χ1v) is 11.7. The first-order chi connectivity index (χ1) is 15.8. The second-order valence-electron chi connectivity index (χ2n) is 8.79. The van der Waals surface area contributed by atoms with Gasteiger partial charge in [0.25, 0.3) is 0 Å². The van der Waals surface area contributed by atoms with Crippen molar-refractivity contribution >= 4 is 23.4 Å². The summed E-state index contributed by atoms with van der Waals surface area (Å²) in [7, 11) is 0. The molecule has 1 aliphatic heterocycles. The van der Waals surface area contributed by atoms with Gasteiger partial charge in [0.1, 0.15) is 5.75 Å². The van der Waals surface area contributed by atoms with E-state index in [0.717, 1.165) is 11.3 Å². The molecule has 0 fully saturated rings. The van der Waals surface area contributed by atoms with Crippen LogP contribution in [0.2, 0.25) is 5.02 Å². The van der Waals surface area contributed by atoms with E-state index in [-0.39, 0.29) is 23.6 Å². The molecule has 0 aromatic heterocycles. The van der Waals surface area contributed by atoms with Gasteiger partial charge in [-0.3, -0.25) is 4.79 Å². The molecule has 2 aromatic rings. The smallest absolute Gasteiger partial charge is 0.337 e. The number of hydrogen-bond donors (Lipinski definition) is 2. The van der Waals surface area contributed by atoms with Gasteiger partial charge in [0, 0.05) is 34.3 Å². The third kappa shape index (κ3) is 4.69. The number of benzene rings is 2. The molecule has 4 rings (SSSR count). The van der Waals surface area contributed by atoms with Gasteiger partial charge >= 0.3 is 5.97 Å². The maximum Gasteiger partial charge on any atom is 0.337 e. The summed E-state index contributed by atoms with van der Waals surface area (Å²) in [5.41, 5.74) is 4.22. The van der Waals surface area contributed by atoms with Crippen LogP contribution in [0, 0.1) is 0 Å². The first-order valence-electron chi connectivity index (χ1n) is 11.3. The van der Waals surface area contributed by atoms with E-state index in [2.05, 4.69) is 5.32 Å². The van der Waals surface area contributed by atoms with Crippen LogP contribution in [-0.4, -0.2) is 23.0 Å². The molecular formula is C27H28ClNO4. The molecule has 6 heteroatoms. The average molecular weight is 466 g/mol. The molecule has 0 unspecified atom stereocenters. The highest BCUT2D eigenvalue weighted by molar-refractivity contribution is 6.30. The number of phenolic OH excluding ortho intramolecular Hbond substituents is 1. The predicted molar refractivity (Wildman–Crippen MR) is 128 cm³/mol. The summed E-state index contributed by atoms with van der Waals surface area (Å²) in [6.07, 6.45) is 1.43. The molecule has 0 saturated carbocycles.